The average Bonchev–Trinajstić information content (AvgIpc) is 3.56. The van der Waals surface area contributed by atoms with Crippen LogP contribution in [-0.4, -0.2) is 86.2 Å². The molecule has 0 bridgehead atoms. The maximum Gasteiger partial charge on any atom is 0.161 e. The monoisotopic (exact) mass is 550 g/mol. The van der Waals surface area contributed by atoms with Crippen LogP contribution in [0.2, 0.25) is 0 Å². The lowest BCUT2D eigenvalue weighted by Gasteiger charge is -2.12. The summed E-state index contributed by atoms with van der Waals surface area (Å²) in [6, 6.07) is 12.7. The maximum absolute atomic E-state index is 14.6. The summed E-state index contributed by atoms with van der Waals surface area (Å²) in [6.45, 7) is 2.31. The highest BCUT2D eigenvalue weighted by Gasteiger charge is 2.18. The van der Waals surface area contributed by atoms with Crippen LogP contribution < -0.4 is 5.32 Å². The van der Waals surface area contributed by atoms with E-state index in [1.165, 1.54) is 12.1 Å². The first-order valence-electron chi connectivity index (χ1n) is 13.3. The Morgan fingerprint density at radius 2 is 1.71 bits per heavy atom. The van der Waals surface area contributed by atoms with E-state index < -0.39 is 0 Å². The Balaban J connectivity index is 1.37. The van der Waals surface area contributed by atoms with Crippen molar-refractivity contribution in [2.24, 2.45) is 0 Å². The molecule has 6 aromatic rings. The summed E-state index contributed by atoms with van der Waals surface area (Å²) in [5, 5.41) is 10.9. The van der Waals surface area contributed by atoms with Gasteiger partial charge in [0.15, 0.2) is 11.5 Å². The fourth-order valence-corrected chi connectivity index (χ4v) is 4.82. The first kappa shape index (κ1) is 26.5. The molecule has 0 saturated heterocycles. The molecule has 0 aliphatic rings. The van der Waals surface area contributed by atoms with E-state index in [0.29, 0.717) is 46.0 Å². The second-order valence-electron chi connectivity index (χ2n) is 10.6. The summed E-state index contributed by atoms with van der Waals surface area (Å²) in [5.74, 6) is 0.203. The molecule has 0 fully saturated rings. The summed E-state index contributed by atoms with van der Waals surface area (Å²) < 4.78 is 14.6. The standard InChI is InChI=1S/C30H31FN10/c1-40(2)10-9-33-22-13-19(12-21(31)14-22)26-27-24(7-8-34-26)36-30(37-27)29-28-25(38-39-29)6-5-23(35-28)20-11-18(15-32-16-20)17-41(3)4/h5-8,11-16,33H,9-10,17H2,1-4H3,(H,36,37)(H,38,39). The second kappa shape index (κ2) is 11.0. The molecular weight excluding hydrogens is 519 g/mol. The summed E-state index contributed by atoms with van der Waals surface area (Å²) in [7, 11) is 8.05. The van der Waals surface area contributed by atoms with E-state index in [-0.39, 0.29) is 5.82 Å². The van der Waals surface area contributed by atoms with Crippen molar-refractivity contribution < 1.29 is 4.39 Å². The number of pyridine rings is 3. The third kappa shape index (κ3) is 5.63. The molecule has 0 atom stereocenters. The number of benzene rings is 1. The summed E-state index contributed by atoms with van der Waals surface area (Å²) in [4.78, 5) is 26.3. The molecule has 0 radical (unpaired) electrons. The van der Waals surface area contributed by atoms with Crippen LogP contribution in [0, 0.1) is 5.82 Å². The molecule has 0 saturated carbocycles. The lowest BCUT2D eigenvalue weighted by atomic mass is 10.1. The van der Waals surface area contributed by atoms with Gasteiger partial charge in [-0.2, -0.15) is 5.10 Å². The normalized spacial score (nSPS) is 11.8. The number of aromatic amines is 2. The Morgan fingerprint density at radius 3 is 2.54 bits per heavy atom. The van der Waals surface area contributed by atoms with Gasteiger partial charge in [-0.1, -0.05) is 0 Å². The molecule has 1 aromatic carbocycles. The Bertz CT molecular complexity index is 1840. The Hall–Kier alpha value is -4.74. The number of nitrogens with zero attached hydrogens (tertiary/aromatic N) is 7. The van der Waals surface area contributed by atoms with E-state index in [1.54, 1.807) is 6.20 Å². The van der Waals surface area contributed by atoms with Gasteiger partial charge in [0.25, 0.3) is 0 Å². The lowest BCUT2D eigenvalue weighted by Crippen LogP contribution is -2.20. The van der Waals surface area contributed by atoms with Gasteiger partial charge in [0.2, 0.25) is 0 Å². The molecule has 3 N–H and O–H groups in total. The Kier molecular flexibility index (Phi) is 7.12. The largest absolute Gasteiger partial charge is 0.384 e. The molecule has 0 amide bonds. The van der Waals surface area contributed by atoms with Crippen LogP contribution in [0.15, 0.2) is 61.1 Å². The highest BCUT2D eigenvalue weighted by molar-refractivity contribution is 5.95. The first-order valence-corrected chi connectivity index (χ1v) is 13.3. The first-order chi connectivity index (χ1) is 19.8. The molecule has 5 aromatic heterocycles. The SMILES string of the molecule is CN(C)CCNc1cc(F)cc(-c2nccc3[nH]c(-c4n[nH]c5ccc(-c6cncc(CN(C)C)c6)nc45)nc23)c1. The molecule has 0 spiro atoms. The predicted molar refractivity (Wildman–Crippen MR) is 160 cm³/mol. The number of halogens is 1. The van der Waals surface area contributed by atoms with Gasteiger partial charge in [0.05, 0.1) is 22.4 Å². The van der Waals surface area contributed by atoms with Gasteiger partial charge < -0.3 is 20.1 Å². The molecular formula is C30H31FN10. The fraction of sp³-hybridized carbons (Fsp3) is 0.233. The van der Waals surface area contributed by atoms with E-state index in [9.17, 15) is 4.39 Å². The molecule has 0 unspecified atom stereocenters. The summed E-state index contributed by atoms with van der Waals surface area (Å²) in [6.07, 6.45) is 5.37. The Labute approximate surface area is 236 Å². The molecule has 0 aliphatic heterocycles. The summed E-state index contributed by atoms with van der Waals surface area (Å²) >= 11 is 0. The van der Waals surface area contributed by atoms with Crippen molar-refractivity contribution in [3.05, 3.63) is 72.4 Å². The number of likely N-dealkylation sites (N-methyl/N-ethyl adjacent to an activating group) is 1. The zero-order valence-corrected chi connectivity index (χ0v) is 23.4. The number of aromatic nitrogens is 7. The van der Waals surface area contributed by atoms with Crippen molar-refractivity contribution in [1.82, 2.24) is 44.9 Å². The molecule has 10 nitrogen and oxygen atoms in total. The van der Waals surface area contributed by atoms with Crippen molar-refractivity contribution in [2.45, 2.75) is 6.54 Å². The fourth-order valence-electron chi connectivity index (χ4n) is 4.82. The van der Waals surface area contributed by atoms with Crippen LogP contribution >= 0.6 is 0 Å². The van der Waals surface area contributed by atoms with Crippen LogP contribution in [0.5, 0.6) is 0 Å². The smallest absolute Gasteiger partial charge is 0.161 e. The highest BCUT2D eigenvalue weighted by Crippen LogP contribution is 2.32. The molecule has 0 aliphatic carbocycles. The van der Waals surface area contributed by atoms with Gasteiger partial charge >= 0.3 is 0 Å². The van der Waals surface area contributed by atoms with Crippen LogP contribution in [0.1, 0.15) is 5.56 Å². The zero-order valence-electron chi connectivity index (χ0n) is 23.4. The second-order valence-corrected chi connectivity index (χ2v) is 10.6. The molecule has 208 valence electrons. The van der Waals surface area contributed by atoms with E-state index in [1.807, 2.05) is 64.8 Å². The van der Waals surface area contributed by atoms with E-state index >= 15 is 0 Å². The number of hydrogen-bond donors (Lipinski definition) is 3. The van der Waals surface area contributed by atoms with Gasteiger partial charge in [-0.3, -0.25) is 15.1 Å². The van der Waals surface area contributed by atoms with Crippen molar-refractivity contribution in [3.63, 3.8) is 0 Å². The van der Waals surface area contributed by atoms with Gasteiger partial charge in [-0.15, -0.1) is 0 Å². The Morgan fingerprint density at radius 1 is 0.854 bits per heavy atom. The third-order valence-electron chi connectivity index (χ3n) is 6.68. The van der Waals surface area contributed by atoms with E-state index in [4.69, 9.17) is 9.97 Å². The highest BCUT2D eigenvalue weighted by atomic mass is 19.1. The van der Waals surface area contributed by atoms with Gasteiger partial charge in [-0.05, 0) is 76.2 Å². The topological polar surface area (TPSA) is 115 Å². The molecule has 5 heterocycles. The number of imidazole rings is 1. The van der Waals surface area contributed by atoms with Crippen molar-refractivity contribution >= 4 is 27.8 Å². The van der Waals surface area contributed by atoms with Crippen molar-refractivity contribution in [2.75, 3.05) is 46.6 Å². The number of hydrogen-bond acceptors (Lipinski definition) is 8. The van der Waals surface area contributed by atoms with E-state index in [2.05, 4.69) is 46.3 Å². The number of rotatable bonds is 9. The minimum absolute atomic E-state index is 0.344. The van der Waals surface area contributed by atoms with Crippen LogP contribution in [0.3, 0.4) is 0 Å². The molecule has 41 heavy (non-hydrogen) atoms. The number of nitrogens with one attached hydrogen (secondary N) is 3. The molecule has 11 heteroatoms. The minimum atomic E-state index is -0.344. The lowest BCUT2D eigenvalue weighted by molar-refractivity contribution is 0.402. The number of fused-ring (bicyclic) bond motifs is 2. The third-order valence-corrected chi connectivity index (χ3v) is 6.68. The summed E-state index contributed by atoms with van der Waals surface area (Å²) in [5.41, 5.74) is 8.19. The van der Waals surface area contributed by atoms with Gasteiger partial charge in [0.1, 0.15) is 16.9 Å². The average molecular weight is 551 g/mol. The van der Waals surface area contributed by atoms with E-state index in [0.717, 1.165) is 40.9 Å². The van der Waals surface area contributed by atoms with Gasteiger partial charge in [-0.25, -0.2) is 14.4 Å². The van der Waals surface area contributed by atoms with Crippen LogP contribution in [-0.2, 0) is 6.54 Å². The molecule has 6 rings (SSSR count). The number of anilines is 1. The predicted octanol–water partition coefficient (Wildman–Crippen LogP) is 4.80. The van der Waals surface area contributed by atoms with Crippen LogP contribution in [0.4, 0.5) is 10.1 Å². The minimum Gasteiger partial charge on any atom is -0.384 e. The zero-order chi connectivity index (χ0) is 28.5. The number of H-pyrrole nitrogens is 2. The quantitative estimate of drug-likeness (QED) is 0.235. The van der Waals surface area contributed by atoms with Gasteiger partial charge in [0, 0.05) is 55.0 Å². The maximum atomic E-state index is 14.6. The van der Waals surface area contributed by atoms with Crippen LogP contribution in [0.25, 0.3) is 56.1 Å². The van der Waals surface area contributed by atoms with Crippen molar-refractivity contribution in [1.29, 1.82) is 0 Å². The van der Waals surface area contributed by atoms with Crippen molar-refractivity contribution in [3.8, 4) is 34.0 Å².